The zero-order valence-corrected chi connectivity index (χ0v) is 16.7. The van der Waals surface area contributed by atoms with Gasteiger partial charge in [-0.15, -0.1) is 12.4 Å². The first-order chi connectivity index (χ1) is 12.6. The Morgan fingerprint density at radius 3 is 2.15 bits per heavy atom. The SMILES string of the molecule is COc1cc(OC)c(CCNC(=O)[C@@H](N)Cc2ccccc2)c(OC)c1.Cl. The first kappa shape index (κ1) is 22.6. The van der Waals surface area contributed by atoms with Crippen LogP contribution in [0.5, 0.6) is 17.2 Å². The number of hydrogen-bond donors (Lipinski definition) is 2. The van der Waals surface area contributed by atoms with Gasteiger partial charge in [-0.05, 0) is 18.4 Å². The second-order valence-corrected chi connectivity index (χ2v) is 5.85. The second-order valence-electron chi connectivity index (χ2n) is 5.85. The standard InChI is InChI=1S/C20H26N2O4.ClH/c1-24-15-12-18(25-2)16(19(13-15)26-3)9-10-22-20(23)17(21)11-14-7-5-4-6-8-14;/h4-8,12-13,17H,9-11,21H2,1-3H3,(H,22,23);1H/t17-;/m0./s1. The van der Waals surface area contributed by atoms with Crippen molar-refractivity contribution in [3.8, 4) is 17.2 Å². The molecule has 148 valence electrons. The molecule has 2 rings (SSSR count). The van der Waals surface area contributed by atoms with Gasteiger partial charge in [0.05, 0.1) is 27.4 Å². The Labute approximate surface area is 166 Å². The molecule has 0 heterocycles. The Kier molecular flexibility index (Phi) is 9.47. The number of halogens is 1. The van der Waals surface area contributed by atoms with Crippen LogP contribution in [0, 0.1) is 0 Å². The summed E-state index contributed by atoms with van der Waals surface area (Å²) in [4.78, 5) is 12.2. The van der Waals surface area contributed by atoms with E-state index in [1.54, 1.807) is 33.5 Å². The van der Waals surface area contributed by atoms with Gasteiger partial charge in [0.2, 0.25) is 5.91 Å². The van der Waals surface area contributed by atoms with Gasteiger partial charge in [-0.1, -0.05) is 30.3 Å². The minimum Gasteiger partial charge on any atom is -0.496 e. The maximum atomic E-state index is 12.2. The van der Waals surface area contributed by atoms with Crippen LogP contribution in [0.15, 0.2) is 42.5 Å². The monoisotopic (exact) mass is 394 g/mol. The van der Waals surface area contributed by atoms with Gasteiger partial charge in [0, 0.05) is 24.2 Å². The van der Waals surface area contributed by atoms with Crippen LogP contribution >= 0.6 is 12.4 Å². The van der Waals surface area contributed by atoms with E-state index in [1.807, 2.05) is 30.3 Å². The molecule has 27 heavy (non-hydrogen) atoms. The summed E-state index contributed by atoms with van der Waals surface area (Å²) >= 11 is 0. The van der Waals surface area contributed by atoms with Crippen LogP contribution in [-0.4, -0.2) is 39.8 Å². The third-order valence-corrected chi connectivity index (χ3v) is 4.13. The van der Waals surface area contributed by atoms with Gasteiger partial charge >= 0.3 is 0 Å². The lowest BCUT2D eigenvalue weighted by atomic mass is 10.1. The summed E-state index contributed by atoms with van der Waals surface area (Å²) in [5, 5.41) is 2.88. The number of nitrogens with two attached hydrogens (primary N) is 1. The van der Waals surface area contributed by atoms with Gasteiger partial charge in [-0.3, -0.25) is 4.79 Å². The lowest BCUT2D eigenvalue weighted by molar-refractivity contribution is -0.122. The summed E-state index contributed by atoms with van der Waals surface area (Å²) in [5.74, 6) is 1.78. The van der Waals surface area contributed by atoms with Crippen molar-refractivity contribution in [2.24, 2.45) is 5.73 Å². The topological polar surface area (TPSA) is 82.8 Å². The lowest BCUT2D eigenvalue weighted by Crippen LogP contribution is -2.42. The zero-order valence-electron chi connectivity index (χ0n) is 15.9. The molecule has 0 aliphatic heterocycles. The Bertz CT molecular complexity index is 700. The van der Waals surface area contributed by atoms with Gasteiger partial charge in [-0.25, -0.2) is 0 Å². The molecule has 0 aliphatic carbocycles. The molecule has 0 radical (unpaired) electrons. The van der Waals surface area contributed by atoms with Crippen LogP contribution in [-0.2, 0) is 17.6 Å². The van der Waals surface area contributed by atoms with Gasteiger partial charge in [0.25, 0.3) is 0 Å². The van der Waals surface area contributed by atoms with Crippen molar-refractivity contribution >= 4 is 18.3 Å². The van der Waals surface area contributed by atoms with E-state index in [-0.39, 0.29) is 18.3 Å². The number of benzene rings is 2. The summed E-state index contributed by atoms with van der Waals surface area (Å²) in [6.45, 7) is 0.431. The summed E-state index contributed by atoms with van der Waals surface area (Å²) in [7, 11) is 4.76. The van der Waals surface area contributed by atoms with E-state index < -0.39 is 6.04 Å². The van der Waals surface area contributed by atoms with Crippen LogP contribution in [0.1, 0.15) is 11.1 Å². The first-order valence-electron chi connectivity index (χ1n) is 8.45. The quantitative estimate of drug-likeness (QED) is 0.682. The average molecular weight is 395 g/mol. The van der Waals surface area contributed by atoms with E-state index >= 15 is 0 Å². The predicted octanol–water partition coefficient (Wildman–Crippen LogP) is 2.36. The highest BCUT2D eigenvalue weighted by atomic mass is 35.5. The van der Waals surface area contributed by atoms with Crippen molar-refractivity contribution in [1.29, 1.82) is 0 Å². The molecular formula is C20H27ClN2O4. The largest absolute Gasteiger partial charge is 0.496 e. The zero-order chi connectivity index (χ0) is 18.9. The Morgan fingerprint density at radius 2 is 1.63 bits per heavy atom. The molecule has 3 N–H and O–H groups in total. The van der Waals surface area contributed by atoms with Crippen LogP contribution in [0.4, 0.5) is 0 Å². The number of carbonyl (C=O) groups excluding carboxylic acids is 1. The summed E-state index contributed by atoms with van der Waals surface area (Å²) < 4.78 is 16.1. The second kappa shape index (κ2) is 11.3. The van der Waals surface area contributed by atoms with Gasteiger partial charge in [0.15, 0.2) is 0 Å². The number of ether oxygens (including phenoxy) is 3. The molecular weight excluding hydrogens is 368 g/mol. The van der Waals surface area contributed by atoms with Crippen LogP contribution in [0.2, 0.25) is 0 Å². The smallest absolute Gasteiger partial charge is 0.237 e. The Morgan fingerprint density at radius 1 is 1.04 bits per heavy atom. The molecule has 1 atom stereocenters. The molecule has 6 nitrogen and oxygen atoms in total. The normalized spacial score (nSPS) is 11.1. The van der Waals surface area contributed by atoms with Crippen molar-refractivity contribution in [2.75, 3.05) is 27.9 Å². The highest BCUT2D eigenvalue weighted by molar-refractivity contribution is 5.85. The predicted molar refractivity (Wildman–Crippen MR) is 108 cm³/mol. The maximum Gasteiger partial charge on any atom is 0.237 e. The number of methoxy groups -OCH3 is 3. The van der Waals surface area contributed by atoms with Crippen LogP contribution < -0.4 is 25.3 Å². The molecule has 2 aromatic rings. The van der Waals surface area contributed by atoms with Crippen molar-refractivity contribution in [2.45, 2.75) is 18.9 Å². The van der Waals surface area contributed by atoms with E-state index in [1.165, 1.54) is 0 Å². The average Bonchev–Trinajstić information content (AvgIpc) is 2.68. The van der Waals surface area contributed by atoms with Crippen LogP contribution in [0.3, 0.4) is 0 Å². The van der Waals surface area contributed by atoms with Gasteiger partial charge in [-0.2, -0.15) is 0 Å². The Balaban J connectivity index is 0.00000364. The van der Waals surface area contributed by atoms with Crippen molar-refractivity contribution in [3.63, 3.8) is 0 Å². The first-order valence-corrected chi connectivity index (χ1v) is 8.45. The molecule has 7 heteroatoms. The van der Waals surface area contributed by atoms with E-state index in [0.29, 0.717) is 36.6 Å². The summed E-state index contributed by atoms with van der Waals surface area (Å²) in [5.41, 5.74) is 7.90. The molecule has 0 aromatic heterocycles. The number of amides is 1. The summed E-state index contributed by atoms with van der Waals surface area (Å²) in [6.07, 6.45) is 1.06. The molecule has 1 amide bonds. The molecule has 0 aliphatic rings. The molecule has 0 fully saturated rings. The maximum absolute atomic E-state index is 12.2. The van der Waals surface area contributed by atoms with Crippen LogP contribution in [0.25, 0.3) is 0 Å². The van der Waals surface area contributed by atoms with E-state index in [4.69, 9.17) is 19.9 Å². The van der Waals surface area contributed by atoms with Crippen molar-refractivity contribution < 1.29 is 19.0 Å². The van der Waals surface area contributed by atoms with Crippen molar-refractivity contribution in [1.82, 2.24) is 5.32 Å². The molecule has 0 unspecified atom stereocenters. The third-order valence-electron chi connectivity index (χ3n) is 4.13. The lowest BCUT2D eigenvalue weighted by Gasteiger charge is -2.16. The van der Waals surface area contributed by atoms with Gasteiger partial charge in [0.1, 0.15) is 17.2 Å². The highest BCUT2D eigenvalue weighted by Crippen LogP contribution is 2.34. The minimum atomic E-state index is -0.586. The minimum absolute atomic E-state index is 0. The number of carbonyl (C=O) groups is 1. The molecule has 0 bridgehead atoms. The number of rotatable bonds is 9. The number of nitrogens with one attached hydrogen (secondary N) is 1. The molecule has 0 saturated heterocycles. The Hall–Kier alpha value is -2.44. The fraction of sp³-hybridized carbons (Fsp3) is 0.350. The van der Waals surface area contributed by atoms with Gasteiger partial charge < -0.3 is 25.3 Å². The summed E-state index contributed by atoms with van der Waals surface area (Å²) in [6, 6.07) is 12.7. The fourth-order valence-electron chi connectivity index (χ4n) is 2.73. The van der Waals surface area contributed by atoms with E-state index in [0.717, 1.165) is 11.1 Å². The van der Waals surface area contributed by atoms with E-state index in [9.17, 15) is 4.79 Å². The van der Waals surface area contributed by atoms with Crippen molar-refractivity contribution in [3.05, 3.63) is 53.6 Å². The highest BCUT2D eigenvalue weighted by Gasteiger charge is 2.16. The fourth-order valence-corrected chi connectivity index (χ4v) is 2.73. The molecule has 2 aromatic carbocycles. The molecule has 0 spiro atoms. The number of hydrogen-bond acceptors (Lipinski definition) is 5. The molecule has 0 saturated carbocycles. The third kappa shape index (κ3) is 6.34. The van der Waals surface area contributed by atoms with E-state index in [2.05, 4.69) is 5.32 Å².